The van der Waals surface area contributed by atoms with Crippen molar-refractivity contribution >= 4 is 61.5 Å². The van der Waals surface area contributed by atoms with Crippen LogP contribution in [0.1, 0.15) is 22.5 Å². The Morgan fingerprint density at radius 1 is 1.31 bits per heavy atom. The van der Waals surface area contributed by atoms with Gasteiger partial charge < -0.3 is 4.57 Å². The van der Waals surface area contributed by atoms with Crippen LogP contribution in [-0.2, 0) is 11.8 Å². The number of aromatic nitrogens is 1. The van der Waals surface area contributed by atoms with E-state index in [0.29, 0.717) is 12.1 Å². The lowest BCUT2D eigenvalue weighted by Gasteiger charge is -2.33. The summed E-state index contributed by atoms with van der Waals surface area (Å²) < 4.78 is 3.27. The normalized spacial score (nSPS) is 17.7. The van der Waals surface area contributed by atoms with Gasteiger partial charge in [-0.25, -0.2) is 5.01 Å². The van der Waals surface area contributed by atoms with Gasteiger partial charge in [-0.1, -0.05) is 36.4 Å². The average Bonchev–Trinajstić information content (AvgIpc) is 2.90. The largest absolute Gasteiger partial charge is 0.333 e. The Morgan fingerprint density at radius 2 is 2.04 bits per heavy atom. The van der Waals surface area contributed by atoms with Crippen LogP contribution in [0.2, 0.25) is 0 Å². The van der Waals surface area contributed by atoms with Gasteiger partial charge in [-0.3, -0.25) is 15.0 Å². The molecule has 2 heterocycles. The van der Waals surface area contributed by atoms with E-state index in [4.69, 9.17) is 0 Å². The van der Waals surface area contributed by atoms with Crippen LogP contribution in [-0.4, -0.2) is 32.5 Å². The quantitative estimate of drug-likeness (QED) is 0.687. The number of amides is 2. The highest BCUT2D eigenvalue weighted by atomic mass is 79.9. The number of carbonyl (C=O) groups excluding carboxylic acids is 2. The van der Waals surface area contributed by atoms with E-state index in [1.54, 1.807) is 29.4 Å². The van der Waals surface area contributed by atoms with Gasteiger partial charge in [-0.05, 0) is 49.6 Å². The molecular formula is C18H17Br2N3O2S. The first kappa shape index (κ1) is 19.3. The van der Waals surface area contributed by atoms with Crippen molar-refractivity contribution in [3.8, 4) is 0 Å². The molecular weight excluding hydrogens is 482 g/mol. The molecule has 1 atom stereocenters. The Bertz CT molecular complexity index is 852. The minimum atomic E-state index is -0.326. The van der Waals surface area contributed by atoms with Crippen molar-refractivity contribution < 1.29 is 9.59 Å². The summed E-state index contributed by atoms with van der Waals surface area (Å²) in [6, 6.07) is 11.6. The first-order chi connectivity index (χ1) is 12.5. The monoisotopic (exact) mass is 497 g/mol. The highest BCUT2D eigenvalue weighted by molar-refractivity contribution is 9.13. The first-order valence-electron chi connectivity index (χ1n) is 7.96. The summed E-state index contributed by atoms with van der Waals surface area (Å²) in [7, 11) is 1.78. The summed E-state index contributed by atoms with van der Waals surface area (Å²) in [6.07, 6.45) is 4.31. The fourth-order valence-corrected chi connectivity index (χ4v) is 4.39. The van der Waals surface area contributed by atoms with Gasteiger partial charge in [0, 0.05) is 19.2 Å². The third-order valence-corrected chi connectivity index (χ3v) is 7.20. The average molecular weight is 499 g/mol. The maximum Gasteiger partial charge on any atom is 0.286 e. The topological polar surface area (TPSA) is 54.3 Å². The van der Waals surface area contributed by atoms with E-state index in [0.717, 1.165) is 20.4 Å². The number of benzene rings is 1. The zero-order valence-corrected chi connectivity index (χ0v) is 18.0. The molecule has 0 saturated carbocycles. The summed E-state index contributed by atoms with van der Waals surface area (Å²) in [4.78, 5) is 25.0. The minimum absolute atomic E-state index is 0.0906. The molecule has 1 saturated heterocycles. The maximum atomic E-state index is 12.7. The molecule has 0 bridgehead atoms. The van der Waals surface area contributed by atoms with E-state index in [1.807, 2.05) is 42.5 Å². The van der Waals surface area contributed by atoms with E-state index in [2.05, 4.69) is 37.3 Å². The SMILES string of the molecule is Cn1c(C(=O)NN2C(=O)CCSC2/C=C/c2ccccc2)cc(Br)c1Br. The van der Waals surface area contributed by atoms with Gasteiger partial charge in [0.25, 0.3) is 5.91 Å². The zero-order valence-electron chi connectivity index (χ0n) is 14.0. The molecule has 1 aliphatic heterocycles. The highest BCUT2D eigenvalue weighted by Crippen LogP contribution is 2.27. The van der Waals surface area contributed by atoms with Gasteiger partial charge in [0.15, 0.2) is 0 Å². The van der Waals surface area contributed by atoms with Gasteiger partial charge >= 0.3 is 0 Å². The number of hydrazine groups is 1. The van der Waals surface area contributed by atoms with Crippen LogP contribution in [0.25, 0.3) is 6.08 Å². The summed E-state index contributed by atoms with van der Waals surface area (Å²) in [5, 5.41) is 1.18. The Labute approximate surface area is 173 Å². The molecule has 136 valence electrons. The number of hydrogen-bond acceptors (Lipinski definition) is 3. The van der Waals surface area contributed by atoms with Crippen molar-refractivity contribution in [3.05, 3.63) is 62.8 Å². The van der Waals surface area contributed by atoms with Gasteiger partial charge in [-0.15, -0.1) is 11.8 Å². The summed E-state index contributed by atoms with van der Waals surface area (Å²) >= 11 is 8.42. The van der Waals surface area contributed by atoms with Crippen LogP contribution >= 0.6 is 43.6 Å². The third kappa shape index (κ3) is 4.24. The number of nitrogens with one attached hydrogen (secondary N) is 1. The number of halogens is 2. The van der Waals surface area contributed by atoms with E-state index < -0.39 is 0 Å². The summed E-state index contributed by atoms with van der Waals surface area (Å²) in [5.41, 5.74) is 4.27. The molecule has 1 N–H and O–H groups in total. The molecule has 26 heavy (non-hydrogen) atoms. The summed E-state index contributed by atoms with van der Waals surface area (Å²) in [5.74, 6) is 0.316. The Hall–Kier alpha value is -1.51. The molecule has 8 heteroatoms. The van der Waals surface area contributed by atoms with Crippen molar-refractivity contribution in [3.63, 3.8) is 0 Å². The number of hydrogen-bond donors (Lipinski definition) is 1. The lowest BCUT2D eigenvalue weighted by atomic mass is 10.2. The molecule has 0 spiro atoms. The first-order valence-corrected chi connectivity index (χ1v) is 10.6. The maximum absolute atomic E-state index is 12.7. The molecule has 0 aliphatic carbocycles. The Balaban J connectivity index is 1.78. The van der Waals surface area contributed by atoms with Crippen LogP contribution in [0.4, 0.5) is 0 Å². The van der Waals surface area contributed by atoms with Crippen LogP contribution in [0.5, 0.6) is 0 Å². The predicted octanol–water partition coefficient (Wildman–Crippen LogP) is 4.20. The molecule has 1 aromatic heterocycles. The molecule has 2 amide bonds. The lowest BCUT2D eigenvalue weighted by molar-refractivity contribution is -0.133. The fraction of sp³-hybridized carbons (Fsp3) is 0.222. The Kier molecular flexibility index (Phi) is 6.26. The molecule has 1 aliphatic rings. The van der Waals surface area contributed by atoms with Crippen LogP contribution in [0.3, 0.4) is 0 Å². The molecule has 5 nitrogen and oxygen atoms in total. The van der Waals surface area contributed by atoms with Gasteiger partial charge in [0.1, 0.15) is 11.1 Å². The molecule has 0 radical (unpaired) electrons. The van der Waals surface area contributed by atoms with E-state index in [1.165, 1.54) is 5.01 Å². The second kappa shape index (κ2) is 8.45. The van der Waals surface area contributed by atoms with E-state index in [9.17, 15) is 9.59 Å². The van der Waals surface area contributed by atoms with E-state index in [-0.39, 0.29) is 17.2 Å². The number of thioether (sulfide) groups is 1. The van der Waals surface area contributed by atoms with Crippen molar-refractivity contribution in [1.29, 1.82) is 0 Å². The number of rotatable bonds is 4. The second-order valence-corrected chi connectivity index (χ2v) is 8.54. The minimum Gasteiger partial charge on any atom is -0.333 e. The standard InChI is InChI=1S/C18H17Br2N3O2S/c1-22-14(11-13(19)17(22)20)18(25)21-23-15(24)9-10-26-16(23)8-7-12-5-3-2-4-6-12/h2-8,11,16H,9-10H2,1H3,(H,21,25)/b8-7+. The molecule has 3 rings (SSSR count). The van der Waals surface area contributed by atoms with Crippen molar-refractivity contribution in [2.24, 2.45) is 7.05 Å². The second-order valence-electron chi connectivity index (χ2n) is 5.71. The highest BCUT2D eigenvalue weighted by Gasteiger charge is 2.29. The van der Waals surface area contributed by atoms with Gasteiger partial charge in [-0.2, -0.15) is 0 Å². The smallest absolute Gasteiger partial charge is 0.286 e. The van der Waals surface area contributed by atoms with Crippen molar-refractivity contribution in [2.75, 3.05) is 5.75 Å². The predicted molar refractivity (Wildman–Crippen MR) is 111 cm³/mol. The molecule has 1 fully saturated rings. The number of carbonyl (C=O) groups is 2. The molecule has 1 aromatic carbocycles. The van der Waals surface area contributed by atoms with Crippen LogP contribution in [0, 0.1) is 0 Å². The van der Waals surface area contributed by atoms with E-state index >= 15 is 0 Å². The van der Waals surface area contributed by atoms with Crippen molar-refractivity contribution in [2.45, 2.75) is 11.8 Å². The van der Waals surface area contributed by atoms with Gasteiger partial charge in [0.05, 0.1) is 9.08 Å². The zero-order chi connectivity index (χ0) is 18.7. The molecule has 2 aromatic rings. The van der Waals surface area contributed by atoms with Crippen molar-refractivity contribution in [1.82, 2.24) is 15.0 Å². The lowest BCUT2D eigenvalue weighted by Crippen LogP contribution is -2.52. The van der Waals surface area contributed by atoms with Crippen LogP contribution < -0.4 is 5.43 Å². The third-order valence-electron chi connectivity index (χ3n) is 3.95. The Morgan fingerprint density at radius 3 is 2.69 bits per heavy atom. The number of nitrogens with zero attached hydrogens (tertiary/aromatic N) is 2. The van der Waals surface area contributed by atoms with Gasteiger partial charge in [0.2, 0.25) is 5.91 Å². The van der Waals surface area contributed by atoms with Crippen LogP contribution in [0.15, 0.2) is 51.6 Å². The molecule has 1 unspecified atom stereocenters. The summed E-state index contributed by atoms with van der Waals surface area (Å²) in [6.45, 7) is 0. The fourth-order valence-electron chi connectivity index (χ4n) is 2.56.